The summed E-state index contributed by atoms with van der Waals surface area (Å²) in [7, 11) is 1.83. The van der Waals surface area contributed by atoms with E-state index in [-0.39, 0.29) is 11.3 Å². The Kier molecular flexibility index (Phi) is 3.66. The number of amides is 1. The van der Waals surface area contributed by atoms with E-state index in [1.54, 1.807) is 10.9 Å². The van der Waals surface area contributed by atoms with Crippen molar-refractivity contribution in [2.24, 2.45) is 7.05 Å². The Bertz CT molecular complexity index is 618. The Hall–Kier alpha value is -2.10. The Labute approximate surface area is 119 Å². The van der Waals surface area contributed by atoms with E-state index in [2.05, 4.69) is 31.2 Å². The fourth-order valence-electron chi connectivity index (χ4n) is 2.04. The Balaban J connectivity index is 2.16. The number of carbonyl (C=O) groups is 1. The highest BCUT2D eigenvalue weighted by Gasteiger charge is 2.15. The van der Waals surface area contributed by atoms with E-state index in [1.807, 2.05) is 38.2 Å². The standard InChI is InChI=1S/C16H21N3O/c1-11-14(10-19(5)18-11)17-15(20)12-6-8-13(9-7-12)16(2,3)4/h6-10H,1-5H3,(H,17,20). The maximum atomic E-state index is 12.2. The molecule has 20 heavy (non-hydrogen) atoms. The van der Waals surface area contributed by atoms with Crippen LogP contribution in [0.1, 0.15) is 42.4 Å². The molecule has 106 valence electrons. The SMILES string of the molecule is Cc1nn(C)cc1NC(=O)c1ccc(C(C)(C)C)cc1. The van der Waals surface area contributed by atoms with Gasteiger partial charge >= 0.3 is 0 Å². The van der Waals surface area contributed by atoms with Gasteiger partial charge in [0.2, 0.25) is 0 Å². The van der Waals surface area contributed by atoms with Crippen LogP contribution in [0.4, 0.5) is 5.69 Å². The van der Waals surface area contributed by atoms with Crippen molar-refractivity contribution in [1.29, 1.82) is 0 Å². The zero-order valence-electron chi connectivity index (χ0n) is 12.7. The molecule has 2 aromatic rings. The van der Waals surface area contributed by atoms with Gasteiger partial charge in [0, 0.05) is 18.8 Å². The molecular weight excluding hydrogens is 250 g/mol. The van der Waals surface area contributed by atoms with Crippen molar-refractivity contribution in [2.75, 3.05) is 5.32 Å². The lowest BCUT2D eigenvalue weighted by atomic mass is 9.87. The minimum absolute atomic E-state index is 0.0922. The van der Waals surface area contributed by atoms with Gasteiger partial charge in [-0.15, -0.1) is 0 Å². The predicted molar refractivity (Wildman–Crippen MR) is 81.0 cm³/mol. The van der Waals surface area contributed by atoms with E-state index >= 15 is 0 Å². The van der Waals surface area contributed by atoms with Crippen molar-refractivity contribution in [2.45, 2.75) is 33.1 Å². The molecule has 0 aliphatic carbocycles. The van der Waals surface area contributed by atoms with Gasteiger partial charge in [-0.05, 0) is 30.0 Å². The van der Waals surface area contributed by atoms with Gasteiger partial charge in [0.25, 0.3) is 5.91 Å². The maximum absolute atomic E-state index is 12.2. The first-order valence-electron chi connectivity index (χ1n) is 6.69. The molecule has 0 fully saturated rings. The van der Waals surface area contributed by atoms with Gasteiger partial charge in [0.05, 0.1) is 11.4 Å². The predicted octanol–water partition coefficient (Wildman–Crippen LogP) is 3.28. The summed E-state index contributed by atoms with van der Waals surface area (Å²) in [5.74, 6) is -0.110. The highest BCUT2D eigenvalue weighted by molar-refractivity contribution is 6.04. The molecule has 0 spiro atoms. The van der Waals surface area contributed by atoms with Gasteiger partial charge in [-0.2, -0.15) is 5.10 Å². The average Bonchev–Trinajstić information content (AvgIpc) is 2.67. The first-order chi connectivity index (χ1) is 9.27. The molecule has 2 rings (SSSR count). The summed E-state index contributed by atoms with van der Waals surface area (Å²) in [6.45, 7) is 8.33. The van der Waals surface area contributed by atoms with Crippen LogP contribution in [0.3, 0.4) is 0 Å². The van der Waals surface area contributed by atoms with Crippen LogP contribution in [-0.2, 0) is 12.5 Å². The molecule has 4 heteroatoms. The molecule has 4 nitrogen and oxygen atoms in total. The smallest absolute Gasteiger partial charge is 0.255 e. The number of hydrogen-bond donors (Lipinski definition) is 1. The number of nitrogens with one attached hydrogen (secondary N) is 1. The molecule has 1 heterocycles. The highest BCUT2D eigenvalue weighted by Crippen LogP contribution is 2.22. The van der Waals surface area contributed by atoms with E-state index in [0.29, 0.717) is 5.56 Å². The van der Waals surface area contributed by atoms with Gasteiger partial charge in [-0.1, -0.05) is 32.9 Å². The summed E-state index contributed by atoms with van der Waals surface area (Å²) in [4.78, 5) is 12.2. The summed E-state index contributed by atoms with van der Waals surface area (Å²) in [6.07, 6.45) is 1.80. The largest absolute Gasteiger partial charge is 0.319 e. The van der Waals surface area contributed by atoms with E-state index in [9.17, 15) is 4.79 Å². The Morgan fingerprint density at radius 1 is 1.20 bits per heavy atom. The summed E-state index contributed by atoms with van der Waals surface area (Å²) >= 11 is 0. The van der Waals surface area contributed by atoms with Crippen LogP contribution in [-0.4, -0.2) is 15.7 Å². The van der Waals surface area contributed by atoms with Crippen molar-refractivity contribution in [1.82, 2.24) is 9.78 Å². The molecule has 1 amide bonds. The van der Waals surface area contributed by atoms with Crippen molar-refractivity contribution in [3.05, 3.63) is 47.3 Å². The van der Waals surface area contributed by atoms with Gasteiger partial charge in [-0.3, -0.25) is 9.48 Å². The van der Waals surface area contributed by atoms with Crippen molar-refractivity contribution < 1.29 is 4.79 Å². The molecule has 0 radical (unpaired) electrons. The number of benzene rings is 1. The molecule has 0 aliphatic rings. The van der Waals surface area contributed by atoms with Crippen LogP contribution in [0.15, 0.2) is 30.5 Å². The molecule has 0 atom stereocenters. The van der Waals surface area contributed by atoms with Crippen LogP contribution < -0.4 is 5.32 Å². The minimum atomic E-state index is -0.110. The highest BCUT2D eigenvalue weighted by atomic mass is 16.1. The summed E-state index contributed by atoms with van der Waals surface area (Å²) in [5.41, 5.74) is 3.52. The zero-order valence-corrected chi connectivity index (χ0v) is 12.7. The fourth-order valence-corrected chi connectivity index (χ4v) is 2.04. The quantitative estimate of drug-likeness (QED) is 0.911. The molecule has 0 aliphatic heterocycles. The molecular formula is C16H21N3O. The molecule has 1 aromatic carbocycles. The molecule has 1 N–H and O–H groups in total. The average molecular weight is 271 g/mol. The zero-order chi connectivity index (χ0) is 14.9. The second kappa shape index (κ2) is 5.12. The fraction of sp³-hybridized carbons (Fsp3) is 0.375. The van der Waals surface area contributed by atoms with Crippen LogP contribution in [0, 0.1) is 6.92 Å². The topological polar surface area (TPSA) is 46.9 Å². The molecule has 1 aromatic heterocycles. The molecule has 0 unspecified atom stereocenters. The van der Waals surface area contributed by atoms with Gasteiger partial charge in [0.15, 0.2) is 0 Å². The minimum Gasteiger partial charge on any atom is -0.319 e. The lowest BCUT2D eigenvalue weighted by Gasteiger charge is -2.19. The van der Waals surface area contributed by atoms with Crippen LogP contribution in [0.5, 0.6) is 0 Å². The van der Waals surface area contributed by atoms with Crippen LogP contribution in [0.2, 0.25) is 0 Å². The summed E-state index contributed by atoms with van der Waals surface area (Å²) in [5, 5.41) is 7.09. The van der Waals surface area contributed by atoms with Gasteiger partial charge < -0.3 is 5.32 Å². The van der Waals surface area contributed by atoms with Crippen molar-refractivity contribution in [3.63, 3.8) is 0 Å². The first-order valence-corrected chi connectivity index (χ1v) is 6.69. The third-order valence-electron chi connectivity index (χ3n) is 3.27. The number of nitrogens with zero attached hydrogens (tertiary/aromatic N) is 2. The van der Waals surface area contributed by atoms with Crippen LogP contribution >= 0.6 is 0 Å². The molecule has 0 saturated carbocycles. The molecule has 0 bridgehead atoms. The number of aryl methyl sites for hydroxylation is 2. The Morgan fingerprint density at radius 3 is 2.25 bits per heavy atom. The Morgan fingerprint density at radius 2 is 1.80 bits per heavy atom. The summed E-state index contributed by atoms with van der Waals surface area (Å²) < 4.78 is 1.69. The van der Waals surface area contributed by atoms with Crippen molar-refractivity contribution in [3.8, 4) is 0 Å². The summed E-state index contributed by atoms with van der Waals surface area (Å²) in [6, 6.07) is 7.74. The van der Waals surface area contributed by atoms with E-state index < -0.39 is 0 Å². The second-order valence-corrected chi connectivity index (χ2v) is 6.08. The normalized spacial score (nSPS) is 11.4. The number of aromatic nitrogens is 2. The lowest BCUT2D eigenvalue weighted by molar-refractivity contribution is 0.102. The number of rotatable bonds is 2. The van der Waals surface area contributed by atoms with E-state index in [1.165, 1.54) is 5.56 Å². The second-order valence-electron chi connectivity index (χ2n) is 6.08. The molecule has 0 saturated heterocycles. The van der Waals surface area contributed by atoms with Crippen LogP contribution in [0.25, 0.3) is 0 Å². The number of carbonyl (C=O) groups excluding carboxylic acids is 1. The third-order valence-corrected chi connectivity index (χ3v) is 3.27. The third kappa shape index (κ3) is 3.07. The van der Waals surface area contributed by atoms with Crippen molar-refractivity contribution >= 4 is 11.6 Å². The monoisotopic (exact) mass is 271 g/mol. The van der Waals surface area contributed by atoms with E-state index in [0.717, 1.165) is 11.4 Å². The van der Waals surface area contributed by atoms with Gasteiger partial charge in [-0.25, -0.2) is 0 Å². The number of hydrogen-bond acceptors (Lipinski definition) is 2. The number of anilines is 1. The first kappa shape index (κ1) is 14.3. The van der Waals surface area contributed by atoms with E-state index in [4.69, 9.17) is 0 Å². The van der Waals surface area contributed by atoms with Gasteiger partial charge in [0.1, 0.15) is 0 Å². The maximum Gasteiger partial charge on any atom is 0.255 e. The lowest BCUT2D eigenvalue weighted by Crippen LogP contribution is -2.14.